The largest absolute Gasteiger partial charge is 0.340 e. The Morgan fingerprint density at radius 1 is 1.04 bits per heavy atom. The van der Waals surface area contributed by atoms with Gasteiger partial charge in [-0.25, -0.2) is 0 Å². The number of amides is 2. The molecule has 6 heteroatoms. The molecule has 1 aliphatic heterocycles. The summed E-state index contributed by atoms with van der Waals surface area (Å²) in [6, 6.07) is 10.2. The minimum atomic E-state index is 0.00752. The Kier molecular flexibility index (Phi) is 7.23. The highest BCUT2D eigenvalue weighted by Crippen LogP contribution is 2.19. The summed E-state index contributed by atoms with van der Waals surface area (Å²) in [6.45, 7) is 7.28. The minimum absolute atomic E-state index is 0.00752. The Hall–Kier alpha value is -2.18. The predicted octanol–water partition coefficient (Wildman–Crippen LogP) is 3.47. The SMILES string of the molecule is Cc1cccc(C)c1NC(=O)CN1CCN(C(=O)CCCc2cccs2)CC1. The lowest BCUT2D eigenvalue weighted by Gasteiger charge is -2.34. The number of benzene rings is 1. The first kappa shape index (κ1) is 20.6. The van der Waals surface area contributed by atoms with Gasteiger partial charge in [0.25, 0.3) is 0 Å². The summed E-state index contributed by atoms with van der Waals surface area (Å²) in [6.07, 6.45) is 2.48. The topological polar surface area (TPSA) is 52.7 Å². The second-order valence-corrected chi connectivity index (χ2v) is 8.44. The minimum Gasteiger partial charge on any atom is -0.340 e. The van der Waals surface area contributed by atoms with E-state index in [2.05, 4.69) is 27.7 Å². The lowest BCUT2D eigenvalue weighted by Crippen LogP contribution is -2.50. The molecule has 1 aromatic heterocycles. The van der Waals surface area contributed by atoms with Crippen LogP contribution in [0.25, 0.3) is 0 Å². The second-order valence-electron chi connectivity index (χ2n) is 7.40. The van der Waals surface area contributed by atoms with Crippen molar-refractivity contribution in [3.8, 4) is 0 Å². The third-order valence-electron chi connectivity index (χ3n) is 5.23. The van der Waals surface area contributed by atoms with E-state index in [4.69, 9.17) is 0 Å². The average molecular weight is 400 g/mol. The fourth-order valence-corrected chi connectivity index (χ4v) is 4.33. The predicted molar refractivity (Wildman–Crippen MR) is 115 cm³/mol. The van der Waals surface area contributed by atoms with Gasteiger partial charge in [-0.15, -0.1) is 11.3 Å². The van der Waals surface area contributed by atoms with Gasteiger partial charge in [-0.2, -0.15) is 0 Å². The lowest BCUT2D eigenvalue weighted by atomic mass is 10.1. The molecule has 0 spiro atoms. The van der Waals surface area contributed by atoms with E-state index in [0.29, 0.717) is 26.1 Å². The van der Waals surface area contributed by atoms with Gasteiger partial charge in [-0.1, -0.05) is 24.3 Å². The van der Waals surface area contributed by atoms with Gasteiger partial charge in [0.15, 0.2) is 0 Å². The number of carbonyl (C=O) groups is 2. The summed E-state index contributed by atoms with van der Waals surface area (Å²) >= 11 is 1.75. The normalized spacial score (nSPS) is 14.9. The van der Waals surface area contributed by atoms with Gasteiger partial charge in [0.1, 0.15) is 0 Å². The van der Waals surface area contributed by atoms with E-state index in [1.165, 1.54) is 4.88 Å². The second kappa shape index (κ2) is 9.85. The molecule has 1 saturated heterocycles. The van der Waals surface area contributed by atoms with Gasteiger partial charge in [0.05, 0.1) is 6.54 Å². The Morgan fingerprint density at radius 2 is 1.75 bits per heavy atom. The van der Waals surface area contributed by atoms with Gasteiger partial charge >= 0.3 is 0 Å². The highest BCUT2D eigenvalue weighted by molar-refractivity contribution is 7.09. The zero-order valence-electron chi connectivity index (χ0n) is 16.7. The van der Waals surface area contributed by atoms with Crippen molar-refractivity contribution in [2.75, 3.05) is 38.0 Å². The van der Waals surface area contributed by atoms with Crippen LogP contribution < -0.4 is 5.32 Å². The first-order chi connectivity index (χ1) is 13.5. The number of anilines is 1. The van der Waals surface area contributed by atoms with Crippen molar-refractivity contribution in [1.29, 1.82) is 0 Å². The molecule has 1 fully saturated rings. The number of para-hydroxylation sites is 1. The van der Waals surface area contributed by atoms with E-state index < -0.39 is 0 Å². The molecule has 0 aliphatic carbocycles. The molecule has 2 aromatic rings. The number of hydrogen-bond donors (Lipinski definition) is 1. The monoisotopic (exact) mass is 399 g/mol. The highest BCUT2D eigenvalue weighted by atomic mass is 32.1. The van der Waals surface area contributed by atoms with Crippen molar-refractivity contribution in [3.63, 3.8) is 0 Å². The third-order valence-corrected chi connectivity index (χ3v) is 6.17. The van der Waals surface area contributed by atoms with Gasteiger partial charge in [-0.05, 0) is 49.3 Å². The number of nitrogens with one attached hydrogen (secondary N) is 1. The van der Waals surface area contributed by atoms with Gasteiger partial charge in [0, 0.05) is 43.2 Å². The van der Waals surface area contributed by atoms with Crippen molar-refractivity contribution in [1.82, 2.24) is 9.80 Å². The summed E-state index contributed by atoms with van der Waals surface area (Å²) in [5, 5.41) is 5.12. The number of aryl methyl sites for hydroxylation is 3. The maximum atomic E-state index is 12.4. The van der Waals surface area contributed by atoms with E-state index >= 15 is 0 Å². The molecule has 0 atom stereocenters. The standard InChI is InChI=1S/C22H29N3O2S/c1-17-6-3-7-18(2)22(17)23-20(26)16-24-11-13-25(14-12-24)21(27)10-4-8-19-9-5-15-28-19/h3,5-7,9,15H,4,8,10-14,16H2,1-2H3,(H,23,26). The fourth-order valence-electron chi connectivity index (χ4n) is 3.58. The molecule has 0 bridgehead atoms. The van der Waals surface area contributed by atoms with Crippen LogP contribution in [0.1, 0.15) is 28.8 Å². The molecule has 1 N–H and O–H groups in total. The summed E-state index contributed by atoms with van der Waals surface area (Å²) in [5.74, 6) is 0.240. The molecule has 28 heavy (non-hydrogen) atoms. The maximum Gasteiger partial charge on any atom is 0.238 e. The lowest BCUT2D eigenvalue weighted by molar-refractivity contribution is -0.133. The summed E-state index contributed by atoms with van der Waals surface area (Å²) in [7, 11) is 0. The van der Waals surface area contributed by atoms with E-state index in [0.717, 1.165) is 42.7 Å². The van der Waals surface area contributed by atoms with E-state index in [1.807, 2.05) is 36.9 Å². The maximum absolute atomic E-state index is 12.4. The number of hydrogen-bond acceptors (Lipinski definition) is 4. The number of nitrogens with zero attached hydrogens (tertiary/aromatic N) is 2. The first-order valence-electron chi connectivity index (χ1n) is 9.91. The van der Waals surface area contributed by atoms with E-state index in [9.17, 15) is 9.59 Å². The molecule has 2 amide bonds. The summed E-state index contributed by atoms with van der Waals surface area (Å²) in [4.78, 5) is 30.2. The van der Waals surface area contributed by atoms with Crippen LogP contribution in [0, 0.1) is 13.8 Å². The number of thiophene rings is 1. The molecule has 3 rings (SSSR count). The van der Waals surface area contributed by atoms with E-state index in [-0.39, 0.29) is 11.8 Å². The van der Waals surface area contributed by atoms with Crippen LogP contribution in [0.15, 0.2) is 35.7 Å². The molecule has 2 heterocycles. The number of rotatable bonds is 7. The van der Waals surface area contributed by atoms with Crippen molar-refractivity contribution in [3.05, 3.63) is 51.7 Å². The van der Waals surface area contributed by atoms with Crippen LogP contribution in [0.4, 0.5) is 5.69 Å². The number of carbonyl (C=O) groups excluding carboxylic acids is 2. The highest BCUT2D eigenvalue weighted by Gasteiger charge is 2.22. The molecule has 5 nitrogen and oxygen atoms in total. The Balaban J connectivity index is 1.38. The Labute approximate surface area is 171 Å². The van der Waals surface area contributed by atoms with Gasteiger partial charge in [0.2, 0.25) is 11.8 Å². The van der Waals surface area contributed by atoms with Gasteiger partial charge < -0.3 is 10.2 Å². The number of piperazine rings is 1. The first-order valence-corrected chi connectivity index (χ1v) is 10.8. The smallest absolute Gasteiger partial charge is 0.238 e. The Bertz CT molecular complexity index is 776. The third kappa shape index (κ3) is 5.66. The zero-order valence-corrected chi connectivity index (χ0v) is 17.6. The van der Waals surface area contributed by atoms with Gasteiger partial charge in [-0.3, -0.25) is 14.5 Å². The molecule has 1 aromatic carbocycles. The molecule has 1 aliphatic rings. The van der Waals surface area contributed by atoms with E-state index in [1.54, 1.807) is 11.3 Å². The van der Waals surface area contributed by atoms with Crippen LogP contribution >= 0.6 is 11.3 Å². The van der Waals surface area contributed by atoms with Crippen LogP contribution in [-0.2, 0) is 16.0 Å². The van der Waals surface area contributed by atoms with Crippen LogP contribution in [0.2, 0.25) is 0 Å². The van der Waals surface area contributed by atoms with Crippen molar-refractivity contribution in [2.24, 2.45) is 0 Å². The van der Waals surface area contributed by atoms with Crippen molar-refractivity contribution < 1.29 is 9.59 Å². The molecular weight excluding hydrogens is 370 g/mol. The fraction of sp³-hybridized carbons (Fsp3) is 0.455. The molecular formula is C22H29N3O2S. The zero-order chi connectivity index (χ0) is 19.9. The molecule has 150 valence electrons. The van der Waals surface area contributed by atoms with Crippen LogP contribution in [-0.4, -0.2) is 54.3 Å². The molecule has 0 saturated carbocycles. The van der Waals surface area contributed by atoms with Crippen molar-refractivity contribution >= 4 is 28.8 Å². The van der Waals surface area contributed by atoms with Crippen molar-refractivity contribution in [2.45, 2.75) is 33.1 Å². The summed E-state index contributed by atoms with van der Waals surface area (Å²) in [5.41, 5.74) is 3.06. The Morgan fingerprint density at radius 3 is 2.39 bits per heavy atom. The average Bonchev–Trinajstić information content (AvgIpc) is 3.19. The summed E-state index contributed by atoms with van der Waals surface area (Å²) < 4.78 is 0. The van der Waals surface area contributed by atoms with Crippen LogP contribution in [0.5, 0.6) is 0 Å². The molecule has 0 radical (unpaired) electrons. The molecule has 0 unspecified atom stereocenters. The quantitative estimate of drug-likeness (QED) is 0.776. The van der Waals surface area contributed by atoms with Crippen LogP contribution in [0.3, 0.4) is 0 Å².